The van der Waals surface area contributed by atoms with E-state index in [-0.39, 0.29) is 12.0 Å². The number of carboxylic acids is 1. The molecule has 2 N–H and O–H groups in total. The van der Waals surface area contributed by atoms with Gasteiger partial charge < -0.3 is 10.2 Å². The van der Waals surface area contributed by atoms with Gasteiger partial charge in [0.15, 0.2) is 0 Å². The van der Waals surface area contributed by atoms with Crippen LogP contribution in [0.5, 0.6) is 0 Å². The predicted molar refractivity (Wildman–Crippen MR) is 72.8 cm³/mol. The largest absolute Gasteiger partial charge is 0.481 e. The van der Waals surface area contributed by atoms with Crippen LogP contribution >= 0.6 is 0 Å². The Balaban J connectivity index is 2.07. The van der Waals surface area contributed by atoms with Crippen molar-refractivity contribution in [2.45, 2.75) is 31.9 Å². The van der Waals surface area contributed by atoms with Gasteiger partial charge in [-0.25, -0.2) is 0 Å². The van der Waals surface area contributed by atoms with E-state index in [1.54, 1.807) is 6.92 Å². The van der Waals surface area contributed by atoms with Gasteiger partial charge in [-0.05, 0) is 32.4 Å². The molecule has 3 atom stereocenters. The molecule has 4 nitrogen and oxygen atoms in total. The highest BCUT2D eigenvalue weighted by atomic mass is 16.4. The molecule has 3 unspecified atom stereocenters. The maximum absolute atomic E-state index is 11.1. The van der Waals surface area contributed by atoms with Gasteiger partial charge in [-0.3, -0.25) is 9.69 Å². The van der Waals surface area contributed by atoms with Crippen LogP contribution in [-0.4, -0.2) is 40.2 Å². The number of hydrogen-bond acceptors (Lipinski definition) is 3. The zero-order valence-corrected chi connectivity index (χ0v) is 11.4. The minimum atomic E-state index is -0.955. The molecule has 1 fully saturated rings. The second-order valence-electron chi connectivity index (χ2n) is 5.58. The maximum atomic E-state index is 11.1. The lowest BCUT2D eigenvalue weighted by Gasteiger charge is -2.32. The Hall–Kier alpha value is -1.39. The van der Waals surface area contributed by atoms with Gasteiger partial charge in [-0.1, -0.05) is 30.3 Å². The second kappa shape index (κ2) is 5.31. The molecule has 19 heavy (non-hydrogen) atoms. The van der Waals surface area contributed by atoms with Crippen molar-refractivity contribution in [2.75, 3.05) is 13.1 Å². The standard InChI is InChI=1S/C15H21NO3/c1-11-13(14(17)18)8-9-16(11)10-15(2,19)12-6-4-3-5-7-12/h3-7,11,13,19H,8-10H2,1-2H3,(H,17,18). The van der Waals surface area contributed by atoms with E-state index in [1.165, 1.54) is 0 Å². The summed E-state index contributed by atoms with van der Waals surface area (Å²) in [5, 5.41) is 19.7. The number of aliphatic carboxylic acids is 1. The Kier molecular flexibility index (Phi) is 3.92. The predicted octanol–water partition coefficient (Wildman–Crippen LogP) is 1.69. The molecule has 0 saturated carbocycles. The fourth-order valence-electron chi connectivity index (χ4n) is 2.84. The van der Waals surface area contributed by atoms with Gasteiger partial charge in [0, 0.05) is 12.6 Å². The SMILES string of the molecule is CC1C(C(=O)O)CCN1CC(C)(O)c1ccccc1. The lowest BCUT2D eigenvalue weighted by Crippen LogP contribution is -2.42. The molecule has 1 heterocycles. The molecule has 0 spiro atoms. The van der Waals surface area contributed by atoms with Crippen LogP contribution in [0.3, 0.4) is 0 Å². The smallest absolute Gasteiger partial charge is 0.308 e. The summed E-state index contributed by atoms with van der Waals surface area (Å²) in [6.07, 6.45) is 0.654. The normalized spacial score (nSPS) is 27.1. The molecule has 1 aromatic rings. The van der Waals surface area contributed by atoms with Crippen LogP contribution in [0.25, 0.3) is 0 Å². The van der Waals surface area contributed by atoms with E-state index < -0.39 is 11.6 Å². The number of rotatable bonds is 4. The fraction of sp³-hybridized carbons (Fsp3) is 0.533. The van der Waals surface area contributed by atoms with E-state index in [0.29, 0.717) is 13.0 Å². The fourth-order valence-corrected chi connectivity index (χ4v) is 2.84. The van der Waals surface area contributed by atoms with Crippen molar-refractivity contribution in [1.29, 1.82) is 0 Å². The summed E-state index contributed by atoms with van der Waals surface area (Å²) in [4.78, 5) is 13.2. The van der Waals surface area contributed by atoms with Crippen molar-refractivity contribution >= 4 is 5.97 Å². The zero-order chi connectivity index (χ0) is 14.0. The number of benzene rings is 1. The van der Waals surface area contributed by atoms with Crippen LogP contribution in [0, 0.1) is 5.92 Å². The van der Waals surface area contributed by atoms with Crippen molar-refractivity contribution in [1.82, 2.24) is 4.90 Å². The quantitative estimate of drug-likeness (QED) is 0.868. The Bertz CT molecular complexity index is 444. The van der Waals surface area contributed by atoms with E-state index in [2.05, 4.69) is 4.90 Å². The molecule has 4 heteroatoms. The third-order valence-electron chi connectivity index (χ3n) is 4.11. The molecular weight excluding hydrogens is 242 g/mol. The van der Waals surface area contributed by atoms with Crippen LogP contribution < -0.4 is 0 Å². The summed E-state index contributed by atoms with van der Waals surface area (Å²) in [6.45, 7) is 4.89. The van der Waals surface area contributed by atoms with E-state index in [4.69, 9.17) is 5.11 Å². The van der Waals surface area contributed by atoms with Crippen molar-refractivity contribution in [2.24, 2.45) is 5.92 Å². The summed E-state index contributed by atoms with van der Waals surface area (Å²) >= 11 is 0. The van der Waals surface area contributed by atoms with Crippen LogP contribution in [-0.2, 0) is 10.4 Å². The first kappa shape index (κ1) is 14.0. The molecule has 1 aliphatic heterocycles. The first-order chi connectivity index (χ1) is 8.92. The summed E-state index contributed by atoms with van der Waals surface area (Å²) in [6, 6.07) is 9.48. The number of carbonyl (C=O) groups is 1. The molecule has 1 aromatic carbocycles. The second-order valence-corrected chi connectivity index (χ2v) is 5.58. The van der Waals surface area contributed by atoms with Gasteiger partial charge in [-0.2, -0.15) is 0 Å². The van der Waals surface area contributed by atoms with Gasteiger partial charge in [0.1, 0.15) is 0 Å². The highest BCUT2D eigenvalue weighted by Crippen LogP contribution is 2.29. The number of aliphatic hydroxyl groups is 1. The average molecular weight is 263 g/mol. The maximum Gasteiger partial charge on any atom is 0.308 e. The van der Waals surface area contributed by atoms with E-state index in [9.17, 15) is 9.90 Å². The van der Waals surface area contributed by atoms with Gasteiger partial charge in [0.25, 0.3) is 0 Å². The molecule has 104 valence electrons. The zero-order valence-electron chi connectivity index (χ0n) is 11.4. The number of likely N-dealkylation sites (tertiary alicyclic amines) is 1. The van der Waals surface area contributed by atoms with E-state index in [0.717, 1.165) is 12.1 Å². The highest BCUT2D eigenvalue weighted by Gasteiger charge is 2.38. The monoisotopic (exact) mass is 263 g/mol. The number of hydrogen-bond donors (Lipinski definition) is 2. The van der Waals surface area contributed by atoms with Crippen LogP contribution in [0.15, 0.2) is 30.3 Å². The Morgan fingerprint density at radius 3 is 2.58 bits per heavy atom. The highest BCUT2D eigenvalue weighted by molar-refractivity contribution is 5.71. The molecule has 0 bridgehead atoms. The Morgan fingerprint density at radius 2 is 2.05 bits per heavy atom. The van der Waals surface area contributed by atoms with Crippen molar-refractivity contribution in [3.05, 3.63) is 35.9 Å². The molecular formula is C15H21NO3. The van der Waals surface area contributed by atoms with Crippen molar-refractivity contribution in [3.8, 4) is 0 Å². The topological polar surface area (TPSA) is 60.8 Å². The summed E-state index contributed by atoms with van der Waals surface area (Å²) in [5.74, 6) is -1.07. The van der Waals surface area contributed by atoms with Gasteiger partial charge >= 0.3 is 5.97 Å². The molecule has 0 amide bonds. The van der Waals surface area contributed by atoms with Gasteiger partial charge in [0.2, 0.25) is 0 Å². The van der Waals surface area contributed by atoms with Crippen molar-refractivity contribution in [3.63, 3.8) is 0 Å². The van der Waals surface area contributed by atoms with E-state index >= 15 is 0 Å². The summed E-state index contributed by atoms with van der Waals surface area (Å²) < 4.78 is 0. The molecule has 2 rings (SSSR count). The Morgan fingerprint density at radius 1 is 1.42 bits per heavy atom. The average Bonchev–Trinajstić information content (AvgIpc) is 2.72. The minimum absolute atomic E-state index is 0.0345. The third-order valence-corrected chi connectivity index (χ3v) is 4.11. The molecule has 0 radical (unpaired) electrons. The number of β-amino-alcohol motifs (C(OH)–C–C–N with tert-alkyl or cyclic N) is 1. The molecule has 1 saturated heterocycles. The molecule has 0 aliphatic carbocycles. The Labute approximate surface area is 113 Å². The number of nitrogens with zero attached hydrogens (tertiary/aromatic N) is 1. The first-order valence-electron chi connectivity index (χ1n) is 6.66. The summed E-state index contributed by atoms with van der Waals surface area (Å²) in [5.41, 5.74) is -0.0934. The van der Waals surface area contributed by atoms with Crippen molar-refractivity contribution < 1.29 is 15.0 Å². The van der Waals surface area contributed by atoms with Gasteiger partial charge in [0.05, 0.1) is 11.5 Å². The molecule has 0 aromatic heterocycles. The number of carboxylic acid groups (broad SMARTS) is 1. The van der Waals surface area contributed by atoms with E-state index in [1.807, 2.05) is 37.3 Å². The third kappa shape index (κ3) is 2.96. The summed E-state index contributed by atoms with van der Waals surface area (Å²) in [7, 11) is 0. The molecule has 1 aliphatic rings. The van der Waals surface area contributed by atoms with Crippen LogP contribution in [0.4, 0.5) is 0 Å². The lowest BCUT2D eigenvalue weighted by atomic mass is 9.95. The minimum Gasteiger partial charge on any atom is -0.481 e. The van der Waals surface area contributed by atoms with Crippen LogP contribution in [0.1, 0.15) is 25.8 Å². The first-order valence-corrected chi connectivity index (χ1v) is 6.66. The van der Waals surface area contributed by atoms with Crippen LogP contribution in [0.2, 0.25) is 0 Å². The lowest BCUT2D eigenvalue weighted by molar-refractivity contribution is -0.142. The van der Waals surface area contributed by atoms with Gasteiger partial charge in [-0.15, -0.1) is 0 Å².